The fraction of sp³-hybridized carbons (Fsp3) is 1.00. The monoisotopic (exact) mass is 264 g/mol. The van der Waals surface area contributed by atoms with Crippen LogP contribution < -0.4 is 5.32 Å². The molecule has 0 atom stereocenters. The molecule has 2 heteroatoms. The van der Waals surface area contributed by atoms with Gasteiger partial charge in [-0.25, -0.2) is 0 Å². The second-order valence-electron chi connectivity index (χ2n) is 8.26. The Kier molecular flexibility index (Phi) is 3.92. The van der Waals surface area contributed by atoms with Gasteiger partial charge in [0.2, 0.25) is 0 Å². The van der Waals surface area contributed by atoms with Crippen LogP contribution in [0.1, 0.15) is 52.4 Å². The first-order valence-corrected chi connectivity index (χ1v) is 8.47. The van der Waals surface area contributed by atoms with Gasteiger partial charge in [-0.1, -0.05) is 13.8 Å². The first-order valence-electron chi connectivity index (χ1n) is 8.47. The number of hydrogen-bond donors (Lipinski definition) is 1. The largest absolute Gasteiger partial charge is 0.313 e. The van der Waals surface area contributed by atoms with E-state index in [0.717, 1.165) is 24.3 Å². The molecule has 4 bridgehead atoms. The molecule has 4 saturated carbocycles. The maximum atomic E-state index is 3.54. The summed E-state index contributed by atoms with van der Waals surface area (Å²) < 4.78 is 0. The quantitative estimate of drug-likeness (QED) is 0.793. The van der Waals surface area contributed by atoms with Crippen molar-refractivity contribution in [2.75, 3.05) is 26.7 Å². The van der Waals surface area contributed by atoms with E-state index in [1.54, 1.807) is 38.5 Å². The summed E-state index contributed by atoms with van der Waals surface area (Å²) >= 11 is 0. The van der Waals surface area contributed by atoms with Crippen LogP contribution in [0.25, 0.3) is 0 Å². The van der Waals surface area contributed by atoms with E-state index in [4.69, 9.17) is 0 Å². The Bertz CT molecular complexity index is 275. The Hall–Kier alpha value is -0.0800. The third-order valence-corrected chi connectivity index (χ3v) is 5.82. The predicted octanol–water partition coefficient (Wildman–Crippen LogP) is 3.13. The highest BCUT2D eigenvalue weighted by molar-refractivity contribution is 5.02. The first kappa shape index (κ1) is 13.9. The van der Waals surface area contributed by atoms with Crippen LogP contribution >= 0.6 is 0 Å². The van der Waals surface area contributed by atoms with E-state index in [0.29, 0.717) is 11.5 Å². The van der Waals surface area contributed by atoms with Gasteiger partial charge in [0, 0.05) is 25.7 Å². The predicted molar refractivity (Wildman–Crippen MR) is 81.2 cm³/mol. The summed E-state index contributed by atoms with van der Waals surface area (Å²) in [5, 5.41) is 3.54. The number of nitrogens with zero attached hydrogens (tertiary/aromatic N) is 1. The summed E-state index contributed by atoms with van der Waals surface area (Å²) in [5.41, 5.74) is 0.710. The van der Waals surface area contributed by atoms with Crippen molar-refractivity contribution in [1.29, 1.82) is 0 Å². The fourth-order valence-corrected chi connectivity index (χ4v) is 5.68. The molecule has 4 aliphatic rings. The summed E-state index contributed by atoms with van der Waals surface area (Å²) in [5.74, 6) is 3.27. The molecule has 0 radical (unpaired) electrons. The molecule has 0 aromatic heterocycles. The van der Waals surface area contributed by atoms with Crippen molar-refractivity contribution in [3.63, 3.8) is 0 Å². The Balaban J connectivity index is 1.51. The van der Waals surface area contributed by atoms with E-state index in [1.807, 2.05) is 0 Å². The lowest BCUT2D eigenvalue weighted by molar-refractivity contribution is -0.0659. The SMILES string of the molecule is CC(C)NCCN(C)CC12CC3CC(CC(C3)C1)C2. The molecular weight excluding hydrogens is 232 g/mol. The van der Waals surface area contributed by atoms with Gasteiger partial charge in [0.25, 0.3) is 0 Å². The first-order chi connectivity index (χ1) is 9.05. The van der Waals surface area contributed by atoms with Crippen molar-refractivity contribution in [3.8, 4) is 0 Å². The second kappa shape index (κ2) is 5.37. The van der Waals surface area contributed by atoms with Crippen molar-refractivity contribution < 1.29 is 0 Å². The van der Waals surface area contributed by atoms with Gasteiger partial charge >= 0.3 is 0 Å². The average molecular weight is 264 g/mol. The number of nitrogens with one attached hydrogen (secondary N) is 1. The maximum Gasteiger partial charge on any atom is 0.0104 e. The molecule has 110 valence electrons. The van der Waals surface area contributed by atoms with Crippen LogP contribution in [0, 0.1) is 23.2 Å². The van der Waals surface area contributed by atoms with Crippen molar-refractivity contribution >= 4 is 0 Å². The number of hydrogen-bond acceptors (Lipinski definition) is 2. The smallest absolute Gasteiger partial charge is 0.0104 e. The minimum Gasteiger partial charge on any atom is -0.313 e. The molecule has 1 N–H and O–H groups in total. The lowest BCUT2D eigenvalue weighted by atomic mass is 9.49. The van der Waals surface area contributed by atoms with Gasteiger partial charge in [-0.15, -0.1) is 0 Å². The normalized spacial score (nSPS) is 40.6. The van der Waals surface area contributed by atoms with E-state index in [9.17, 15) is 0 Å². The van der Waals surface area contributed by atoms with Crippen molar-refractivity contribution in [2.24, 2.45) is 23.2 Å². The van der Waals surface area contributed by atoms with E-state index in [1.165, 1.54) is 13.1 Å². The van der Waals surface area contributed by atoms with E-state index in [-0.39, 0.29) is 0 Å². The van der Waals surface area contributed by atoms with Crippen LogP contribution in [0.4, 0.5) is 0 Å². The number of rotatable bonds is 6. The highest BCUT2D eigenvalue weighted by Crippen LogP contribution is 2.60. The zero-order chi connectivity index (χ0) is 13.5. The van der Waals surface area contributed by atoms with Gasteiger partial charge in [-0.3, -0.25) is 0 Å². The minimum absolute atomic E-state index is 0.618. The molecule has 4 aliphatic carbocycles. The molecule has 0 spiro atoms. The van der Waals surface area contributed by atoms with Gasteiger partial charge in [0.1, 0.15) is 0 Å². The summed E-state index contributed by atoms with van der Waals surface area (Å²) in [7, 11) is 2.33. The van der Waals surface area contributed by atoms with Gasteiger partial charge in [0.05, 0.1) is 0 Å². The van der Waals surface area contributed by atoms with E-state index in [2.05, 4.69) is 31.1 Å². The molecule has 0 heterocycles. The third-order valence-electron chi connectivity index (χ3n) is 5.82. The number of likely N-dealkylation sites (N-methyl/N-ethyl adjacent to an activating group) is 1. The molecule has 4 rings (SSSR count). The average Bonchev–Trinajstić information content (AvgIpc) is 2.25. The highest BCUT2D eigenvalue weighted by Gasteiger charge is 2.50. The molecule has 0 saturated heterocycles. The molecule has 0 aromatic carbocycles. The second-order valence-corrected chi connectivity index (χ2v) is 8.26. The van der Waals surface area contributed by atoms with Crippen LogP contribution in [0.15, 0.2) is 0 Å². The van der Waals surface area contributed by atoms with Crippen molar-refractivity contribution in [1.82, 2.24) is 10.2 Å². The van der Waals surface area contributed by atoms with Gasteiger partial charge in [-0.2, -0.15) is 0 Å². The van der Waals surface area contributed by atoms with Crippen molar-refractivity contribution in [2.45, 2.75) is 58.4 Å². The zero-order valence-corrected chi connectivity index (χ0v) is 13.1. The summed E-state index contributed by atoms with van der Waals surface area (Å²) in [4.78, 5) is 2.60. The molecule has 4 fully saturated rings. The fourth-order valence-electron chi connectivity index (χ4n) is 5.68. The molecule has 0 aromatic rings. The zero-order valence-electron chi connectivity index (χ0n) is 13.1. The molecule has 0 aliphatic heterocycles. The minimum atomic E-state index is 0.618. The van der Waals surface area contributed by atoms with E-state index < -0.39 is 0 Å². The summed E-state index contributed by atoms with van der Waals surface area (Å²) in [6, 6.07) is 0.618. The molecule has 0 amide bonds. The Labute approximate surface area is 119 Å². The van der Waals surface area contributed by atoms with Crippen LogP contribution in [0.3, 0.4) is 0 Å². The van der Waals surface area contributed by atoms with Crippen LogP contribution in [-0.4, -0.2) is 37.6 Å². The standard InChI is InChI=1S/C17H32N2/c1-13(2)18-4-5-19(3)12-17-9-14-6-15(10-17)8-16(7-14)11-17/h13-16,18H,4-12H2,1-3H3. The summed E-state index contributed by atoms with van der Waals surface area (Å²) in [6.45, 7) is 8.18. The molecule has 0 unspecified atom stereocenters. The lowest BCUT2D eigenvalue weighted by Gasteiger charge is -2.57. The van der Waals surface area contributed by atoms with Crippen LogP contribution in [0.5, 0.6) is 0 Å². The molecule has 2 nitrogen and oxygen atoms in total. The van der Waals surface area contributed by atoms with E-state index >= 15 is 0 Å². The maximum absolute atomic E-state index is 3.54. The molecule has 19 heavy (non-hydrogen) atoms. The van der Waals surface area contributed by atoms with Crippen LogP contribution in [-0.2, 0) is 0 Å². The van der Waals surface area contributed by atoms with Gasteiger partial charge in [-0.05, 0) is 68.7 Å². The van der Waals surface area contributed by atoms with Gasteiger partial charge in [0.15, 0.2) is 0 Å². The molecular formula is C17H32N2. The van der Waals surface area contributed by atoms with Crippen LogP contribution in [0.2, 0.25) is 0 Å². The Morgan fingerprint density at radius 1 is 1.05 bits per heavy atom. The highest BCUT2D eigenvalue weighted by atomic mass is 15.1. The Morgan fingerprint density at radius 2 is 1.58 bits per heavy atom. The summed E-state index contributed by atoms with van der Waals surface area (Å²) in [6.07, 6.45) is 9.33. The topological polar surface area (TPSA) is 15.3 Å². The van der Waals surface area contributed by atoms with Gasteiger partial charge < -0.3 is 10.2 Å². The van der Waals surface area contributed by atoms with Crippen molar-refractivity contribution in [3.05, 3.63) is 0 Å². The third kappa shape index (κ3) is 3.16. The Morgan fingerprint density at radius 3 is 2.05 bits per heavy atom. The lowest BCUT2D eigenvalue weighted by Crippen LogP contribution is -2.51.